The largest absolute Gasteiger partial charge is 0.394 e. The van der Waals surface area contributed by atoms with Crippen LogP contribution in [0.5, 0.6) is 0 Å². The first-order chi connectivity index (χ1) is 7.29. The van der Waals surface area contributed by atoms with Crippen LogP contribution in [0.4, 0.5) is 5.69 Å². The zero-order valence-corrected chi connectivity index (χ0v) is 9.24. The highest BCUT2D eigenvalue weighted by atomic mass is 16.3. The number of benzene rings is 1. The normalized spacial score (nSPS) is 18.3. The van der Waals surface area contributed by atoms with E-state index < -0.39 is 0 Å². The van der Waals surface area contributed by atoms with Crippen molar-refractivity contribution in [2.75, 3.05) is 11.9 Å². The second kappa shape index (κ2) is 4.67. The van der Waals surface area contributed by atoms with Crippen molar-refractivity contribution in [2.24, 2.45) is 5.92 Å². The second-order valence-corrected chi connectivity index (χ2v) is 4.49. The summed E-state index contributed by atoms with van der Waals surface area (Å²) in [5, 5.41) is 12.8. The molecule has 0 aliphatic heterocycles. The molecule has 1 aliphatic carbocycles. The lowest BCUT2D eigenvalue weighted by molar-refractivity contribution is 0.187. The van der Waals surface area contributed by atoms with Crippen molar-refractivity contribution in [1.82, 2.24) is 0 Å². The monoisotopic (exact) mass is 205 g/mol. The van der Waals surface area contributed by atoms with Gasteiger partial charge in [0.2, 0.25) is 0 Å². The van der Waals surface area contributed by atoms with Crippen LogP contribution in [-0.2, 0) is 0 Å². The molecule has 82 valence electrons. The molecule has 0 radical (unpaired) electrons. The predicted molar refractivity (Wildman–Crippen MR) is 63.0 cm³/mol. The second-order valence-electron chi connectivity index (χ2n) is 4.49. The molecule has 2 N–H and O–H groups in total. The van der Waals surface area contributed by atoms with Gasteiger partial charge in [-0.2, -0.15) is 0 Å². The van der Waals surface area contributed by atoms with E-state index >= 15 is 0 Å². The third-order valence-corrected chi connectivity index (χ3v) is 3.29. The zero-order valence-electron chi connectivity index (χ0n) is 9.24. The van der Waals surface area contributed by atoms with Gasteiger partial charge in [0.1, 0.15) is 0 Å². The minimum Gasteiger partial charge on any atom is -0.394 e. The summed E-state index contributed by atoms with van der Waals surface area (Å²) in [6, 6.07) is 8.56. The van der Waals surface area contributed by atoms with Crippen LogP contribution in [0.3, 0.4) is 0 Å². The number of rotatable bonds is 4. The smallest absolute Gasteiger partial charge is 0.0635 e. The van der Waals surface area contributed by atoms with Gasteiger partial charge in [-0.3, -0.25) is 0 Å². The van der Waals surface area contributed by atoms with Gasteiger partial charge in [-0.05, 0) is 43.4 Å². The number of aliphatic hydroxyl groups is 1. The minimum absolute atomic E-state index is 0.235. The zero-order chi connectivity index (χ0) is 10.7. The van der Waals surface area contributed by atoms with Gasteiger partial charge in [-0.1, -0.05) is 18.6 Å². The van der Waals surface area contributed by atoms with Gasteiger partial charge in [-0.25, -0.2) is 0 Å². The van der Waals surface area contributed by atoms with Crippen LogP contribution in [-0.4, -0.2) is 17.8 Å². The Labute approximate surface area is 91.3 Å². The van der Waals surface area contributed by atoms with Crippen LogP contribution in [0.25, 0.3) is 0 Å². The van der Waals surface area contributed by atoms with Crippen LogP contribution in [0, 0.1) is 12.8 Å². The lowest BCUT2D eigenvalue weighted by Gasteiger charge is -2.33. The van der Waals surface area contributed by atoms with Crippen LogP contribution in [0.1, 0.15) is 24.8 Å². The van der Waals surface area contributed by atoms with Crippen LogP contribution < -0.4 is 5.32 Å². The Morgan fingerprint density at radius 3 is 2.80 bits per heavy atom. The molecule has 1 aliphatic rings. The number of nitrogens with one attached hydrogen (secondary N) is 1. The topological polar surface area (TPSA) is 32.3 Å². The molecule has 1 aromatic rings. The third kappa shape index (κ3) is 2.51. The molecule has 0 spiro atoms. The van der Waals surface area contributed by atoms with Gasteiger partial charge < -0.3 is 10.4 Å². The van der Waals surface area contributed by atoms with E-state index in [4.69, 9.17) is 0 Å². The summed E-state index contributed by atoms with van der Waals surface area (Å²) in [7, 11) is 0. The molecule has 0 bridgehead atoms. The van der Waals surface area contributed by atoms with Crippen LogP contribution in [0.15, 0.2) is 24.3 Å². The molecular weight excluding hydrogens is 186 g/mol. The molecule has 1 atom stereocenters. The first-order valence-corrected chi connectivity index (χ1v) is 5.73. The van der Waals surface area contributed by atoms with Gasteiger partial charge in [-0.15, -0.1) is 0 Å². The molecule has 0 saturated heterocycles. The van der Waals surface area contributed by atoms with E-state index in [1.165, 1.54) is 24.8 Å². The van der Waals surface area contributed by atoms with Gasteiger partial charge >= 0.3 is 0 Å². The Kier molecular flexibility index (Phi) is 3.27. The van der Waals surface area contributed by atoms with E-state index in [-0.39, 0.29) is 12.6 Å². The lowest BCUT2D eigenvalue weighted by atomic mass is 9.80. The van der Waals surface area contributed by atoms with Gasteiger partial charge in [0.25, 0.3) is 0 Å². The van der Waals surface area contributed by atoms with E-state index in [1.54, 1.807) is 0 Å². The third-order valence-electron chi connectivity index (χ3n) is 3.29. The molecule has 1 aromatic carbocycles. The van der Waals surface area contributed by atoms with Crippen molar-refractivity contribution in [3.63, 3.8) is 0 Å². The first kappa shape index (κ1) is 10.5. The fourth-order valence-electron chi connectivity index (χ4n) is 2.10. The first-order valence-electron chi connectivity index (χ1n) is 5.73. The number of hydrogen-bond donors (Lipinski definition) is 2. The van der Waals surface area contributed by atoms with E-state index in [1.807, 2.05) is 6.07 Å². The van der Waals surface area contributed by atoms with Gasteiger partial charge in [0.15, 0.2) is 0 Å². The molecule has 0 amide bonds. The average Bonchev–Trinajstić information content (AvgIpc) is 2.14. The Morgan fingerprint density at radius 1 is 1.47 bits per heavy atom. The summed E-state index contributed by atoms with van der Waals surface area (Å²) in [6.45, 7) is 2.32. The number of aliphatic hydroxyl groups excluding tert-OH is 1. The lowest BCUT2D eigenvalue weighted by Crippen LogP contribution is -2.36. The summed E-state index contributed by atoms with van der Waals surface area (Å²) in [5.41, 5.74) is 2.38. The molecule has 1 unspecified atom stereocenters. The minimum atomic E-state index is 0.235. The predicted octanol–water partition coefficient (Wildman–Crippen LogP) is 2.57. The highest BCUT2D eigenvalue weighted by Crippen LogP contribution is 2.31. The van der Waals surface area contributed by atoms with Crippen molar-refractivity contribution in [3.05, 3.63) is 29.8 Å². The quantitative estimate of drug-likeness (QED) is 0.791. The molecule has 2 nitrogen and oxygen atoms in total. The summed E-state index contributed by atoms with van der Waals surface area (Å²) in [6.07, 6.45) is 3.82. The Hall–Kier alpha value is -1.02. The maximum atomic E-state index is 9.33. The molecule has 1 saturated carbocycles. The van der Waals surface area contributed by atoms with Crippen molar-refractivity contribution < 1.29 is 5.11 Å². The molecule has 2 rings (SSSR count). The van der Waals surface area contributed by atoms with E-state index in [0.717, 1.165) is 5.69 Å². The van der Waals surface area contributed by atoms with E-state index in [2.05, 4.69) is 30.4 Å². The summed E-state index contributed by atoms with van der Waals surface area (Å²) in [4.78, 5) is 0. The summed E-state index contributed by atoms with van der Waals surface area (Å²) >= 11 is 0. The number of anilines is 1. The highest BCUT2D eigenvalue weighted by molar-refractivity contribution is 5.46. The number of hydrogen-bond acceptors (Lipinski definition) is 2. The molecule has 0 aromatic heterocycles. The SMILES string of the molecule is Cc1cccc(NC(CO)C2CCC2)c1. The van der Waals surface area contributed by atoms with E-state index in [0.29, 0.717) is 5.92 Å². The van der Waals surface area contributed by atoms with Gasteiger partial charge in [0.05, 0.1) is 12.6 Å². The Balaban J connectivity index is 1.99. The fourth-order valence-corrected chi connectivity index (χ4v) is 2.10. The van der Waals surface area contributed by atoms with Crippen molar-refractivity contribution in [1.29, 1.82) is 0 Å². The molecule has 1 fully saturated rings. The average molecular weight is 205 g/mol. The Morgan fingerprint density at radius 2 is 2.27 bits per heavy atom. The highest BCUT2D eigenvalue weighted by Gasteiger charge is 2.26. The van der Waals surface area contributed by atoms with Crippen molar-refractivity contribution >= 4 is 5.69 Å². The Bertz CT molecular complexity index is 320. The number of aryl methyl sites for hydroxylation is 1. The fraction of sp³-hybridized carbons (Fsp3) is 0.538. The standard InChI is InChI=1S/C13H19NO/c1-10-4-2-7-12(8-10)14-13(9-15)11-5-3-6-11/h2,4,7-8,11,13-15H,3,5-6,9H2,1H3. The summed E-state index contributed by atoms with van der Waals surface area (Å²) < 4.78 is 0. The van der Waals surface area contributed by atoms with Gasteiger partial charge in [0, 0.05) is 5.69 Å². The maximum Gasteiger partial charge on any atom is 0.0635 e. The summed E-state index contributed by atoms with van der Waals surface area (Å²) in [5.74, 6) is 0.663. The van der Waals surface area contributed by atoms with Crippen LogP contribution >= 0.6 is 0 Å². The molecule has 2 heteroatoms. The maximum absolute atomic E-state index is 9.33. The van der Waals surface area contributed by atoms with Crippen molar-refractivity contribution in [3.8, 4) is 0 Å². The van der Waals surface area contributed by atoms with E-state index in [9.17, 15) is 5.11 Å². The van der Waals surface area contributed by atoms with Crippen LogP contribution in [0.2, 0.25) is 0 Å². The molecular formula is C13H19NO. The molecule has 15 heavy (non-hydrogen) atoms. The van der Waals surface area contributed by atoms with Crippen molar-refractivity contribution in [2.45, 2.75) is 32.2 Å². The molecule has 0 heterocycles.